The third-order valence-corrected chi connectivity index (χ3v) is 4.98. The second-order valence-corrected chi connectivity index (χ2v) is 7.42. The molecular weight excluding hydrogens is 367 g/mol. The van der Waals surface area contributed by atoms with Crippen molar-refractivity contribution in [3.63, 3.8) is 0 Å². The first-order valence-corrected chi connectivity index (χ1v) is 9.50. The fourth-order valence-corrected chi connectivity index (χ4v) is 3.31. The topological polar surface area (TPSA) is 87.7 Å². The molecule has 1 heterocycles. The zero-order valence-corrected chi connectivity index (χ0v) is 16.2. The smallest absolute Gasteiger partial charge is 0.423 e. The molecule has 0 fully saturated rings. The summed E-state index contributed by atoms with van der Waals surface area (Å²) in [6, 6.07) is 16.5. The van der Waals surface area contributed by atoms with Gasteiger partial charge in [-0.05, 0) is 46.1 Å². The SMILES string of the molecule is CC(C)C(=O)Nc1cc2ccccc2cc1C(=O)Nc1ccc2c(c1)COB2O. The van der Waals surface area contributed by atoms with Crippen LogP contribution in [0.4, 0.5) is 11.4 Å². The van der Waals surface area contributed by atoms with E-state index in [2.05, 4.69) is 10.6 Å². The molecule has 7 heteroatoms. The van der Waals surface area contributed by atoms with Crippen molar-refractivity contribution in [3.05, 3.63) is 65.7 Å². The molecule has 0 aliphatic carbocycles. The second kappa shape index (κ2) is 7.70. The number of rotatable bonds is 4. The van der Waals surface area contributed by atoms with Crippen LogP contribution in [-0.2, 0) is 16.1 Å². The quantitative estimate of drug-likeness (QED) is 0.600. The molecule has 3 aromatic rings. The van der Waals surface area contributed by atoms with Gasteiger partial charge in [0, 0.05) is 11.6 Å². The van der Waals surface area contributed by atoms with Crippen molar-refractivity contribution in [3.8, 4) is 0 Å². The number of hydrogen-bond acceptors (Lipinski definition) is 4. The van der Waals surface area contributed by atoms with E-state index in [9.17, 15) is 14.6 Å². The van der Waals surface area contributed by atoms with E-state index >= 15 is 0 Å². The molecule has 0 bridgehead atoms. The van der Waals surface area contributed by atoms with Gasteiger partial charge in [0.05, 0.1) is 17.9 Å². The molecule has 0 spiro atoms. The highest BCUT2D eigenvalue weighted by atomic mass is 16.5. The lowest BCUT2D eigenvalue weighted by atomic mass is 9.79. The van der Waals surface area contributed by atoms with Crippen LogP contribution in [0.25, 0.3) is 10.8 Å². The lowest BCUT2D eigenvalue weighted by Gasteiger charge is -2.15. The monoisotopic (exact) mass is 388 g/mol. The van der Waals surface area contributed by atoms with Gasteiger partial charge in [-0.1, -0.05) is 44.2 Å². The molecule has 3 N–H and O–H groups in total. The van der Waals surface area contributed by atoms with Gasteiger partial charge < -0.3 is 20.3 Å². The van der Waals surface area contributed by atoms with Crippen LogP contribution in [-0.4, -0.2) is 24.0 Å². The Balaban J connectivity index is 1.68. The molecule has 1 aliphatic heterocycles. The maximum absolute atomic E-state index is 13.1. The zero-order valence-electron chi connectivity index (χ0n) is 16.2. The molecule has 0 aromatic heterocycles. The molecule has 2 amide bonds. The largest absolute Gasteiger partial charge is 0.491 e. The van der Waals surface area contributed by atoms with Crippen LogP contribution in [0, 0.1) is 5.92 Å². The minimum atomic E-state index is -0.923. The van der Waals surface area contributed by atoms with E-state index in [1.165, 1.54) is 0 Å². The predicted molar refractivity (Wildman–Crippen MR) is 114 cm³/mol. The van der Waals surface area contributed by atoms with Gasteiger partial charge in [-0.15, -0.1) is 0 Å². The second-order valence-electron chi connectivity index (χ2n) is 7.42. The van der Waals surface area contributed by atoms with Gasteiger partial charge in [0.1, 0.15) is 0 Å². The maximum atomic E-state index is 13.1. The van der Waals surface area contributed by atoms with Crippen molar-refractivity contribution < 1.29 is 19.3 Å². The Bertz CT molecular complexity index is 1110. The summed E-state index contributed by atoms with van der Waals surface area (Å²) < 4.78 is 5.20. The van der Waals surface area contributed by atoms with Crippen molar-refractivity contribution >= 4 is 46.5 Å². The summed E-state index contributed by atoms with van der Waals surface area (Å²) >= 11 is 0. The van der Waals surface area contributed by atoms with Crippen LogP contribution in [0.1, 0.15) is 29.8 Å². The zero-order chi connectivity index (χ0) is 20.5. The average Bonchev–Trinajstić information content (AvgIpc) is 3.07. The summed E-state index contributed by atoms with van der Waals surface area (Å²) in [6.07, 6.45) is 0. The Labute approximate surface area is 169 Å². The molecule has 0 saturated carbocycles. The first-order valence-electron chi connectivity index (χ1n) is 9.50. The van der Waals surface area contributed by atoms with Crippen molar-refractivity contribution in [2.24, 2.45) is 5.92 Å². The third kappa shape index (κ3) is 3.88. The number of carbonyl (C=O) groups is 2. The minimum Gasteiger partial charge on any atom is -0.423 e. The first kappa shape index (κ1) is 19.2. The highest BCUT2D eigenvalue weighted by Crippen LogP contribution is 2.26. The Kier molecular flexibility index (Phi) is 5.09. The maximum Gasteiger partial charge on any atom is 0.491 e. The van der Waals surface area contributed by atoms with Crippen molar-refractivity contribution in [2.45, 2.75) is 20.5 Å². The van der Waals surface area contributed by atoms with Crippen molar-refractivity contribution in [2.75, 3.05) is 10.6 Å². The van der Waals surface area contributed by atoms with E-state index in [-0.39, 0.29) is 17.7 Å². The lowest BCUT2D eigenvalue weighted by Crippen LogP contribution is -2.28. The molecule has 29 heavy (non-hydrogen) atoms. The Morgan fingerprint density at radius 2 is 1.76 bits per heavy atom. The number of fused-ring (bicyclic) bond motifs is 2. The average molecular weight is 388 g/mol. The number of hydrogen-bond donors (Lipinski definition) is 3. The van der Waals surface area contributed by atoms with Crippen LogP contribution in [0.5, 0.6) is 0 Å². The van der Waals surface area contributed by atoms with Crippen LogP contribution >= 0.6 is 0 Å². The van der Waals surface area contributed by atoms with Crippen LogP contribution < -0.4 is 16.1 Å². The summed E-state index contributed by atoms with van der Waals surface area (Å²) in [5, 5.41) is 17.3. The molecule has 4 rings (SSSR count). The Morgan fingerprint density at radius 1 is 1.03 bits per heavy atom. The molecule has 3 aromatic carbocycles. The first-order chi connectivity index (χ1) is 13.9. The van der Waals surface area contributed by atoms with Gasteiger partial charge in [-0.25, -0.2) is 0 Å². The van der Waals surface area contributed by atoms with Gasteiger partial charge >= 0.3 is 7.12 Å². The summed E-state index contributed by atoms with van der Waals surface area (Å²) in [6.45, 7) is 3.90. The van der Waals surface area contributed by atoms with Crippen molar-refractivity contribution in [1.82, 2.24) is 0 Å². The molecule has 1 aliphatic rings. The van der Waals surface area contributed by atoms with Gasteiger partial charge in [0.2, 0.25) is 5.91 Å². The summed E-state index contributed by atoms with van der Waals surface area (Å²) in [5.74, 6) is -0.687. The van der Waals surface area contributed by atoms with E-state index in [0.29, 0.717) is 29.0 Å². The van der Waals surface area contributed by atoms with E-state index in [1.54, 1.807) is 38.1 Å². The highest BCUT2D eigenvalue weighted by Gasteiger charge is 2.27. The van der Waals surface area contributed by atoms with Crippen LogP contribution in [0.15, 0.2) is 54.6 Å². The number of nitrogens with one attached hydrogen (secondary N) is 2. The molecule has 0 saturated heterocycles. The minimum absolute atomic E-state index is 0.155. The Morgan fingerprint density at radius 3 is 2.48 bits per heavy atom. The molecule has 0 radical (unpaired) electrons. The summed E-state index contributed by atoms with van der Waals surface area (Å²) in [4.78, 5) is 25.3. The van der Waals surface area contributed by atoms with Crippen LogP contribution in [0.3, 0.4) is 0 Å². The van der Waals surface area contributed by atoms with E-state index in [4.69, 9.17) is 4.65 Å². The Hall–Kier alpha value is -3.16. The molecule has 6 nitrogen and oxygen atoms in total. The molecule has 146 valence electrons. The number of amides is 2. The van der Waals surface area contributed by atoms with Gasteiger partial charge in [-0.3, -0.25) is 9.59 Å². The third-order valence-electron chi connectivity index (χ3n) is 4.98. The summed E-state index contributed by atoms with van der Waals surface area (Å²) in [5.41, 5.74) is 3.00. The normalized spacial score (nSPS) is 12.9. The van der Waals surface area contributed by atoms with E-state index in [1.807, 2.05) is 30.3 Å². The van der Waals surface area contributed by atoms with Gasteiger partial charge in [0.25, 0.3) is 5.91 Å². The van der Waals surface area contributed by atoms with E-state index in [0.717, 1.165) is 16.3 Å². The number of carbonyl (C=O) groups excluding carboxylic acids is 2. The van der Waals surface area contributed by atoms with Gasteiger partial charge in [-0.2, -0.15) is 0 Å². The summed E-state index contributed by atoms with van der Waals surface area (Å²) in [7, 11) is -0.923. The number of anilines is 2. The highest BCUT2D eigenvalue weighted by molar-refractivity contribution is 6.61. The molecular formula is C22H21BN2O4. The predicted octanol–water partition coefficient (Wildman–Crippen LogP) is 2.90. The van der Waals surface area contributed by atoms with Crippen LogP contribution in [0.2, 0.25) is 0 Å². The fraction of sp³-hybridized carbons (Fsp3) is 0.182. The van der Waals surface area contributed by atoms with Gasteiger partial charge in [0.15, 0.2) is 0 Å². The molecule has 0 atom stereocenters. The molecule has 0 unspecified atom stereocenters. The fourth-order valence-electron chi connectivity index (χ4n) is 3.31. The van der Waals surface area contributed by atoms with Crippen molar-refractivity contribution in [1.29, 1.82) is 0 Å². The lowest BCUT2D eigenvalue weighted by molar-refractivity contribution is -0.118. The standard InChI is InChI=1S/C22H21BN2O4/c1-13(2)21(26)25-20-11-15-6-4-3-5-14(15)10-18(20)22(27)24-17-7-8-19-16(9-17)12-29-23(19)28/h3-11,13,28H,12H2,1-2H3,(H,24,27)(H,25,26). The van der Waals surface area contributed by atoms with E-state index < -0.39 is 7.12 Å². The number of benzene rings is 3.